The summed E-state index contributed by atoms with van der Waals surface area (Å²) in [5.74, 6) is -0.0943. The van der Waals surface area contributed by atoms with E-state index in [1.165, 1.54) is 6.08 Å². The molecule has 0 aliphatic carbocycles. The van der Waals surface area contributed by atoms with Crippen molar-refractivity contribution in [2.24, 2.45) is 0 Å². The number of nitriles is 1. The molecule has 0 atom stereocenters. The summed E-state index contributed by atoms with van der Waals surface area (Å²) in [7, 11) is 0. The molecule has 3 nitrogen and oxygen atoms in total. The van der Waals surface area contributed by atoms with Crippen LogP contribution in [-0.2, 0) is 4.79 Å². The third-order valence-electron chi connectivity index (χ3n) is 2.55. The zero-order valence-electron chi connectivity index (χ0n) is 11.5. The van der Waals surface area contributed by atoms with Gasteiger partial charge in [0.25, 0.3) is 5.91 Å². The maximum Gasteiger partial charge on any atom is 0.251 e. The fourth-order valence-electron chi connectivity index (χ4n) is 1.73. The molecule has 0 bridgehead atoms. The zero-order chi connectivity index (χ0) is 14.3. The fourth-order valence-corrected chi connectivity index (χ4v) is 1.73. The van der Waals surface area contributed by atoms with E-state index in [0.29, 0.717) is 5.56 Å². The highest BCUT2D eigenvalue weighted by Crippen LogP contribution is 2.19. The summed E-state index contributed by atoms with van der Waals surface area (Å²) in [4.78, 5) is 13.8. The Morgan fingerprint density at radius 3 is 2.68 bits per heavy atom. The van der Waals surface area contributed by atoms with Gasteiger partial charge in [0.2, 0.25) is 0 Å². The summed E-state index contributed by atoms with van der Waals surface area (Å²) in [5, 5.41) is 8.92. The van der Waals surface area contributed by atoms with Crippen molar-refractivity contribution in [1.82, 2.24) is 0 Å². The first-order valence-corrected chi connectivity index (χ1v) is 6.23. The van der Waals surface area contributed by atoms with E-state index in [4.69, 9.17) is 5.26 Å². The summed E-state index contributed by atoms with van der Waals surface area (Å²) >= 11 is 0. The number of benzene rings is 1. The van der Waals surface area contributed by atoms with Gasteiger partial charge in [-0.25, -0.2) is 0 Å². The molecule has 0 spiro atoms. The van der Waals surface area contributed by atoms with Crippen molar-refractivity contribution < 1.29 is 4.79 Å². The average molecular weight is 254 g/mol. The second-order valence-electron chi connectivity index (χ2n) is 4.35. The Morgan fingerprint density at radius 1 is 1.37 bits per heavy atom. The van der Waals surface area contributed by atoms with Crippen molar-refractivity contribution in [1.29, 1.82) is 5.26 Å². The Kier molecular flexibility index (Phi) is 5.56. The highest BCUT2D eigenvalue weighted by atomic mass is 16.2. The second-order valence-corrected chi connectivity index (χ2v) is 4.35. The van der Waals surface area contributed by atoms with Gasteiger partial charge in [0.05, 0.1) is 11.6 Å². The largest absolute Gasteiger partial charge is 0.306 e. The lowest BCUT2D eigenvalue weighted by Gasteiger charge is -2.25. The predicted molar refractivity (Wildman–Crippen MR) is 77.7 cm³/mol. The van der Waals surface area contributed by atoms with Crippen molar-refractivity contribution in [2.45, 2.75) is 26.8 Å². The van der Waals surface area contributed by atoms with Crippen LogP contribution in [0.5, 0.6) is 0 Å². The first-order chi connectivity index (χ1) is 9.10. The van der Waals surface area contributed by atoms with Gasteiger partial charge in [0.15, 0.2) is 0 Å². The Morgan fingerprint density at radius 2 is 2.11 bits per heavy atom. The Labute approximate surface area is 114 Å². The molecule has 1 rings (SSSR count). The maximum atomic E-state index is 12.2. The normalized spacial score (nSPS) is 11.1. The standard InChI is InChI=1S/C16H18N2O/c1-4-5-6-10-16(19)18(13(2)3)15-9-7-8-14(11-15)12-17/h4-11,13H,1-3H3. The van der Waals surface area contributed by atoms with E-state index in [9.17, 15) is 4.79 Å². The summed E-state index contributed by atoms with van der Waals surface area (Å²) < 4.78 is 0. The number of anilines is 1. The number of amides is 1. The average Bonchev–Trinajstić information content (AvgIpc) is 2.39. The number of hydrogen-bond donors (Lipinski definition) is 0. The van der Waals surface area contributed by atoms with Gasteiger partial charge >= 0.3 is 0 Å². The first-order valence-electron chi connectivity index (χ1n) is 6.23. The van der Waals surface area contributed by atoms with Crippen molar-refractivity contribution in [2.75, 3.05) is 4.90 Å². The van der Waals surface area contributed by atoms with Crippen molar-refractivity contribution in [3.8, 4) is 6.07 Å². The van der Waals surface area contributed by atoms with Gasteiger partial charge in [-0.1, -0.05) is 24.3 Å². The van der Waals surface area contributed by atoms with Crippen LogP contribution in [0.3, 0.4) is 0 Å². The molecule has 0 aliphatic heterocycles. The van der Waals surface area contributed by atoms with Crippen LogP contribution in [0.4, 0.5) is 5.69 Å². The molecule has 0 radical (unpaired) electrons. The molecule has 1 aromatic carbocycles. The summed E-state index contributed by atoms with van der Waals surface area (Å²) in [6, 6.07) is 9.18. The molecular weight excluding hydrogens is 236 g/mol. The van der Waals surface area contributed by atoms with E-state index in [2.05, 4.69) is 6.07 Å². The minimum atomic E-state index is -0.0943. The van der Waals surface area contributed by atoms with E-state index < -0.39 is 0 Å². The number of allylic oxidation sites excluding steroid dienone is 3. The van der Waals surface area contributed by atoms with Crippen molar-refractivity contribution >= 4 is 11.6 Å². The summed E-state index contributed by atoms with van der Waals surface area (Å²) in [5.41, 5.74) is 1.29. The molecule has 0 aromatic heterocycles. The van der Waals surface area contributed by atoms with Crippen LogP contribution in [0, 0.1) is 11.3 Å². The van der Waals surface area contributed by atoms with Gasteiger partial charge in [0, 0.05) is 17.8 Å². The number of nitrogens with zero attached hydrogens (tertiary/aromatic N) is 2. The van der Waals surface area contributed by atoms with Gasteiger partial charge < -0.3 is 4.90 Å². The van der Waals surface area contributed by atoms with Crippen LogP contribution in [0.2, 0.25) is 0 Å². The van der Waals surface area contributed by atoms with Crippen LogP contribution in [0.1, 0.15) is 26.3 Å². The molecular formula is C16H18N2O. The second kappa shape index (κ2) is 7.17. The molecule has 0 heterocycles. The van der Waals surface area contributed by atoms with E-state index in [1.807, 2.05) is 39.0 Å². The van der Waals surface area contributed by atoms with Gasteiger partial charge in [-0.05, 0) is 39.0 Å². The molecule has 1 aromatic rings. The SMILES string of the molecule is CC=CC=CC(=O)N(c1cccc(C#N)c1)C(C)C. The minimum Gasteiger partial charge on any atom is -0.306 e. The molecule has 0 fully saturated rings. The lowest BCUT2D eigenvalue weighted by Crippen LogP contribution is -2.35. The van der Waals surface area contributed by atoms with Crippen LogP contribution in [0.25, 0.3) is 0 Å². The van der Waals surface area contributed by atoms with E-state index in [-0.39, 0.29) is 11.9 Å². The maximum absolute atomic E-state index is 12.2. The first kappa shape index (κ1) is 14.7. The van der Waals surface area contributed by atoms with Crippen LogP contribution < -0.4 is 4.90 Å². The number of rotatable bonds is 4. The molecule has 0 N–H and O–H groups in total. The third kappa shape index (κ3) is 4.11. The molecule has 19 heavy (non-hydrogen) atoms. The monoisotopic (exact) mass is 254 g/mol. The quantitative estimate of drug-likeness (QED) is 0.610. The smallest absolute Gasteiger partial charge is 0.251 e. The molecule has 0 aliphatic rings. The highest BCUT2D eigenvalue weighted by molar-refractivity contribution is 6.02. The number of hydrogen-bond acceptors (Lipinski definition) is 2. The fraction of sp³-hybridized carbons (Fsp3) is 0.250. The third-order valence-corrected chi connectivity index (χ3v) is 2.55. The Hall–Kier alpha value is -2.34. The van der Waals surface area contributed by atoms with Crippen molar-refractivity contribution in [3.05, 3.63) is 54.1 Å². The van der Waals surface area contributed by atoms with E-state index in [0.717, 1.165) is 5.69 Å². The van der Waals surface area contributed by atoms with Gasteiger partial charge in [-0.3, -0.25) is 4.79 Å². The molecule has 0 saturated heterocycles. The predicted octanol–water partition coefficient (Wildman–Crippen LogP) is 3.43. The van der Waals surface area contributed by atoms with Gasteiger partial charge in [-0.2, -0.15) is 5.26 Å². The highest BCUT2D eigenvalue weighted by Gasteiger charge is 2.16. The van der Waals surface area contributed by atoms with Gasteiger partial charge in [-0.15, -0.1) is 0 Å². The zero-order valence-corrected chi connectivity index (χ0v) is 11.5. The number of carbonyl (C=O) groups excluding carboxylic acids is 1. The molecule has 3 heteroatoms. The number of carbonyl (C=O) groups is 1. The van der Waals surface area contributed by atoms with Crippen LogP contribution in [0.15, 0.2) is 48.6 Å². The molecule has 0 saturated carbocycles. The molecule has 98 valence electrons. The Balaban J connectivity index is 3.07. The molecule has 0 unspecified atom stereocenters. The van der Waals surface area contributed by atoms with E-state index in [1.54, 1.807) is 29.2 Å². The van der Waals surface area contributed by atoms with Crippen LogP contribution >= 0.6 is 0 Å². The summed E-state index contributed by atoms with van der Waals surface area (Å²) in [6.07, 6.45) is 6.91. The van der Waals surface area contributed by atoms with E-state index >= 15 is 0 Å². The van der Waals surface area contributed by atoms with Gasteiger partial charge in [0.1, 0.15) is 0 Å². The minimum absolute atomic E-state index is 0.0247. The lowest BCUT2D eigenvalue weighted by molar-refractivity contribution is -0.114. The lowest BCUT2D eigenvalue weighted by atomic mass is 10.1. The topological polar surface area (TPSA) is 44.1 Å². The van der Waals surface area contributed by atoms with Crippen LogP contribution in [-0.4, -0.2) is 11.9 Å². The van der Waals surface area contributed by atoms with Crippen molar-refractivity contribution in [3.63, 3.8) is 0 Å². The summed E-state index contributed by atoms with van der Waals surface area (Å²) in [6.45, 7) is 5.78. The molecule has 1 amide bonds. The Bertz CT molecular complexity index is 536.